The van der Waals surface area contributed by atoms with Crippen molar-refractivity contribution in [1.29, 1.82) is 0 Å². The summed E-state index contributed by atoms with van der Waals surface area (Å²) in [5.41, 5.74) is 1.79. The van der Waals surface area contributed by atoms with Gasteiger partial charge in [0.15, 0.2) is 0 Å². The van der Waals surface area contributed by atoms with Gasteiger partial charge in [-0.05, 0) is 42.7 Å². The van der Waals surface area contributed by atoms with Gasteiger partial charge in [-0.25, -0.2) is 14.4 Å². The molecule has 1 aromatic carbocycles. The molecule has 6 nitrogen and oxygen atoms in total. The molecule has 1 aliphatic heterocycles. The fraction of sp³-hybridized carbons (Fsp3) is 0.286. The van der Waals surface area contributed by atoms with Crippen molar-refractivity contribution < 1.29 is 9.18 Å². The van der Waals surface area contributed by atoms with E-state index in [-0.39, 0.29) is 18.3 Å². The second-order valence-electron chi connectivity index (χ2n) is 6.88. The highest BCUT2D eigenvalue weighted by Gasteiger charge is 2.16. The quantitative estimate of drug-likeness (QED) is 0.715. The van der Waals surface area contributed by atoms with E-state index in [9.17, 15) is 9.18 Å². The van der Waals surface area contributed by atoms with Gasteiger partial charge in [0, 0.05) is 43.8 Å². The first-order valence-electron chi connectivity index (χ1n) is 9.43. The number of carbonyl (C=O) groups is 1. The minimum absolute atomic E-state index is 0.127. The van der Waals surface area contributed by atoms with Crippen LogP contribution in [0.15, 0.2) is 55.0 Å². The van der Waals surface area contributed by atoms with Gasteiger partial charge in [-0.3, -0.25) is 4.79 Å². The lowest BCUT2D eigenvalue weighted by Crippen LogP contribution is -2.27. The highest BCUT2D eigenvalue weighted by atomic mass is 19.1. The molecule has 3 aromatic rings. The number of amides is 1. The second-order valence-corrected chi connectivity index (χ2v) is 6.88. The first-order valence-corrected chi connectivity index (χ1v) is 9.43. The van der Waals surface area contributed by atoms with Crippen molar-refractivity contribution in [2.24, 2.45) is 0 Å². The van der Waals surface area contributed by atoms with Gasteiger partial charge in [0.05, 0.1) is 0 Å². The molecule has 2 aromatic heterocycles. The van der Waals surface area contributed by atoms with Crippen LogP contribution in [0, 0.1) is 5.82 Å². The fourth-order valence-corrected chi connectivity index (χ4v) is 3.39. The molecule has 1 saturated heterocycles. The number of imidazole rings is 1. The fourth-order valence-electron chi connectivity index (χ4n) is 3.39. The molecule has 0 unspecified atom stereocenters. The standard InChI is InChI=1S/C21H22FN5O/c22-18-5-3-16(4-6-18)14-25-20(28)15-27-12-9-24-21(27)17-7-8-23-19(13-17)26-10-1-2-11-26/h3-9,12-13H,1-2,10-11,14-15H2,(H,25,28). The molecule has 3 heterocycles. The molecule has 0 bridgehead atoms. The predicted molar refractivity (Wildman–Crippen MR) is 105 cm³/mol. The molecule has 0 saturated carbocycles. The minimum Gasteiger partial charge on any atom is -0.357 e. The van der Waals surface area contributed by atoms with Gasteiger partial charge in [0.25, 0.3) is 0 Å². The summed E-state index contributed by atoms with van der Waals surface area (Å²) in [6, 6.07) is 10.0. The maximum atomic E-state index is 13.0. The zero-order chi connectivity index (χ0) is 19.3. The Kier molecular flexibility index (Phi) is 5.32. The summed E-state index contributed by atoms with van der Waals surface area (Å²) < 4.78 is 14.8. The molecule has 1 amide bonds. The van der Waals surface area contributed by atoms with Crippen molar-refractivity contribution in [3.05, 3.63) is 66.4 Å². The SMILES string of the molecule is O=C(Cn1ccnc1-c1ccnc(N2CCCC2)c1)NCc1ccc(F)cc1. The Morgan fingerprint density at radius 1 is 1.07 bits per heavy atom. The topological polar surface area (TPSA) is 63.1 Å². The molecular formula is C21H22FN5O. The molecule has 1 aliphatic rings. The van der Waals surface area contributed by atoms with Crippen LogP contribution in [-0.2, 0) is 17.9 Å². The van der Waals surface area contributed by atoms with Gasteiger partial charge in [0.1, 0.15) is 24.0 Å². The van der Waals surface area contributed by atoms with Crippen LogP contribution in [-0.4, -0.2) is 33.5 Å². The number of anilines is 1. The van der Waals surface area contributed by atoms with Gasteiger partial charge in [-0.1, -0.05) is 12.1 Å². The normalized spacial score (nSPS) is 13.7. The van der Waals surface area contributed by atoms with Crippen LogP contribution < -0.4 is 10.2 Å². The van der Waals surface area contributed by atoms with Crippen molar-refractivity contribution >= 4 is 11.7 Å². The molecule has 7 heteroatoms. The van der Waals surface area contributed by atoms with Crippen LogP contribution >= 0.6 is 0 Å². The molecule has 28 heavy (non-hydrogen) atoms. The Labute approximate surface area is 163 Å². The average molecular weight is 379 g/mol. The predicted octanol–water partition coefficient (Wildman–Crippen LogP) is 3.00. The molecule has 0 aliphatic carbocycles. The van der Waals surface area contributed by atoms with Crippen LogP contribution in [0.2, 0.25) is 0 Å². The van der Waals surface area contributed by atoms with Crippen molar-refractivity contribution in [3.63, 3.8) is 0 Å². The Hall–Kier alpha value is -3.22. The molecular weight excluding hydrogens is 357 g/mol. The third kappa shape index (κ3) is 4.19. The van der Waals surface area contributed by atoms with E-state index in [1.54, 1.807) is 30.7 Å². The summed E-state index contributed by atoms with van der Waals surface area (Å²) >= 11 is 0. The molecule has 0 spiro atoms. The Morgan fingerprint density at radius 2 is 1.86 bits per heavy atom. The van der Waals surface area contributed by atoms with E-state index < -0.39 is 0 Å². The van der Waals surface area contributed by atoms with E-state index in [2.05, 4.69) is 20.2 Å². The number of hydrogen-bond donors (Lipinski definition) is 1. The van der Waals surface area contributed by atoms with Crippen molar-refractivity contribution in [2.45, 2.75) is 25.9 Å². The Bertz CT molecular complexity index is 947. The molecule has 1 N–H and O–H groups in total. The maximum absolute atomic E-state index is 13.0. The molecule has 1 fully saturated rings. The zero-order valence-corrected chi connectivity index (χ0v) is 15.5. The third-order valence-electron chi connectivity index (χ3n) is 4.87. The average Bonchev–Trinajstić information content (AvgIpc) is 3.40. The number of hydrogen-bond acceptors (Lipinski definition) is 4. The maximum Gasteiger partial charge on any atom is 0.240 e. The van der Waals surface area contributed by atoms with Gasteiger partial charge in [-0.2, -0.15) is 0 Å². The lowest BCUT2D eigenvalue weighted by atomic mass is 10.2. The Balaban J connectivity index is 1.43. The highest BCUT2D eigenvalue weighted by Crippen LogP contribution is 2.24. The van der Waals surface area contributed by atoms with Gasteiger partial charge in [-0.15, -0.1) is 0 Å². The van der Waals surface area contributed by atoms with E-state index in [4.69, 9.17) is 0 Å². The number of benzene rings is 1. The van der Waals surface area contributed by atoms with Crippen LogP contribution in [0.25, 0.3) is 11.4 Å². The smallest absolute Gasteiger partial charge is 0.240 e. The number of nitrogens with zero attached hydrogens (tertiary/aromatic N) is 4. The van der Waals surface area contributed by atoms with Crippen LogP contribution in [0.4, 0.5) is 10.2 Å². The zero-order valence-electron chi connectivity index (χ0n) is 15.5. The van der Waals surface area contributed by atoms with Crippen LogP contribution in [0.5, 0.6) is 0 Å². The van der Waals surface area contributed by atoms with E-state index in [0.717, 1.165) is 35.9 Å². The second kappa shape index (κ2) is 8.21. The highest BCUT2D eigenvalue weighted by molar-refractivity contribution is 5.76. The summed E-state index contributed by atoms with van der Waals surface area (Å²) in [5, 5.41) is 2.86. The number of nitrogens with one attached hydrogen (secondary N) is 1. The first-order chi connectivity index (χ1) is 13.7. The van der Waals surface area contributed by atoms with Gasteiger partial charge in [0.2, 0.25) is 5.91 Å². The first kappa shape index (κ1) is 18.2. The van der Waals surface area contributed by atoms with Crippen molar-refractivity contribution in [3.8, 4) is 11.4 Å². The molecule has 0 radical (unpaired) electrons. The summed E-state index contributed by atoms with van der Waals surface area (Å²) in [5.74, 6) is 1.27. The molecule has 144 valence electrons. The van der Waals surface area contributed by atoms with Crippen molar-refractivity contribution in [2.75, 3.05) is 18.0 Å². The van der Waals surface area contributed by atoms with E-state index in [0.29, 0.717) is 6.54 Å². The summed E-state index contributed by atoms with van der Waals surface area (Å²) in [7, 11) is 0. The summed E-state index contributed by atoms with van der Waals surface area (Å²) in [4.78, 5) is 23.5. The number of carbonyl (C=O) groups excluding carboxylic acids is 1. The molecule has 0 atom stereocenters. The molecule has 4 rings (SSSR count). The van der Waals surface area contributed by atoms with E-state index in [1.807, 2.05) is 16.7 Å². The number of halogens is 1. The third-order valence-corrected chi connectivity index (χ3v) is 4.87. The lowest BCUT2D eigenvalue weighted by molar-refractivity contribution is -0.121. The lowest BCUT2D eigenvalue weighted by Gasteiger charge is -2.17. The van der Waals surface area contributed by atoms with Gasteiger partial charge >= 0.3 is 0 Å². The Morgan fingerprint density at radius 3 is 2.64 bits per heavy atom. The number of aromatic nitrogens is 3. The summed E-state index contributed by atoms with van der Waals surface area (Å²) in [6.07, 6.45) is 7.65. The van der Waals surface area contributed by atoms with Crippen molar-refractivity contribution in [1.82, 2.24) is 19.9 Å². The van der Waals surface area contributed by atoms with Crippen LogP contribution in [0.1, 0.15) is 18.4 Å². The van der Waals surface area contributed by atoms with E-state index >= 15 is 0 Å². The number of rotatable bonds is 6. The summed E-state index contributed by atoms with van der Waals surface area (Å²) in [6.45, 7) is 2.57. The monoisotopic (exact) mass is 379 g/mol. The minimum atomic E-state index is -0.288. The number of pyridine rings is 1. The van der Waals surface area contributed by atoms with E-state index in [1.165, 1.54) is 25.0 Å². The largest absolute Gasteiger partial charge is 0.357 e. The van der Waals surface area contributed by atoms with Crippen LogP contribution in [0.3, 0.4) is 0 Å². The van der Waals surface area contributed by atoms with Gasteiger partial charge < -0.3 is 14.8 Å².